The van der Waals surface area contributed by atoms with Gasteiger partial charge in [0.2, 0.25) is 0 Å². The van der Waals surface area contributed by atoms with Crippen molar-refractivity contribution in [3.05, 3.63) is 0 Å². The predicted octanol–water partition coefficient (Wildman–Crippen LogP) is 2.12. The summed E-state index contributed by atoms with van der Waals surface area (Å²) in [6, 6.07) is 1.36. The van der Waals surface area contributed by atoms with Gasteiger partial charge in [0.1, 0.15) is 0 Å². The minimum absolute atomic E-state index is 0.622. The molecular formula is C14H30N2O. The van der Waals surface area contributed by atoms with Gasteiger partial charge in [0.25, 0.3) is 0 Å². The Morgan fingerprint density at radius 3 is 2.53 bits per heavy atom. The van der Waals surface area contributed by atoms with Gasteiger partial charge in [-0.15, -0.1) is 0 Å². The number of nitrogens with zero attached hydrogens (tertiary/aromatic N) is 1. The molecule has 1 fully saturated rings. The van der Waals surface area contributed by atoms with Gasteiger partial charge in [0.05, 0.1) is 6.61 Å². The van der Waals surface area contributed by atoms with Gasteiger partial charge in [-0.1, -0.05) is 6.92 Å². The first-order chi connectivity index (χ1) is 8.19. The number of hydrogen-bond acceptors (Lipinski definition) is 3. The average Bonchev–Trinajstić information content (AvgIpc) is 3.12. The Balaban J connectivity index is 2.28. The molecule has 0 radical (unpaired) electrons. The van der Waals surface area contributed by atoms with Gasteiger partial charge in [-0.25, -0.2) is 0 Å². The van der Waals surface area contributed by atoms with Gasteiger partial charge in [-0.3, -0.25) is 4.90 Å². The van der Waals surface area contributed by atoms with Crippen LogP contribution in [0.5, 0.6) is 0 Å². The van der Waals surface area contributed by atoms with E-state index in [9.17, 15) is 0 Å². The SMILES string of the molecule is CCNC(C)CCN(CCOC)C(C)C1CC1. The molecule has 0 spiro atoms. The lowest BCUT2D eigenvalue weighted by molar-refractivity contribution is 0.113. The van der Waals surface area contributed by atoms with Gasteiger partial charge < -0.3 is 10.1 Å². The van der Waals surface area contributed by atoms with Crippen molar-refractivity contribution in [2.75, 3.05) is 33.4 Å². The van der Waals surface area contributed by atoms with Crippen molar-refractivity contribution in [1.82, 2.24) is 10.2 Å². The smallest absolute Gasteiger partial charge is 0.0589 e. The standard InChI is InChI=1S/C14H30N2O/c1-5-15-12(2)8-9-16(10-11-17-4)13(3)14-6-7-14/h12-15H,5-11H2,1-4H3. The lowest BCUT2D eigenvalue weighted by atomic mass is 10.1. The van der Waals surface area contributed by atoms with Crippen molar-refractivity contribution < 1.29 is 4.74 Å². The van der Waals surface area contributed by atoms with Crippen LogP contribution < -0.4 is 5.32 Å². The lowest BCUT2D eigenvalue weighted by Gasteiger charge is -2.30. The van der Waals surface area contributed by atoms with Crippen LogP contribution in [0.1, 0.15) is 40.0 Å². The molecule has 0 saturated heterocycles. The van der Waals surface area contributed by atoms with Crippen molar-refractivity contribution in [1.29, 1.82) is 0 Å². The molecule has 1 N–H and O–H groups in total. The molecule has 0 amide bonds. The summed E-state index contributed by atoms with van der Waals surface area (Å²) in [5.74, 6) is 0.946. The number of ether oxygens (including phenoxy) is 1. The molecule has 3 heteroatoms. The third-order valence-electron chi connectivity index (χ3n) is 3.86. The first kappa shape index (κ1) is 14.9. The predicted molar refractivity (Wildman–Crippen MR) is 73.4 cm³/mol. The summed E-state index contributed by atoms with van der Waals surface area (Å²) in [5.41, 5.74) is 0. The largest absolute Gasteiger partial charge is 0.383 e. The number of hydrogen-bond donors (Lipinski definition) is 1. The zero-order valence-electron chi connectivity index (χ0n) is 12.0. The molecule has 0 bridgehead atoms. The topological polar surface area (TPSA) is 24.5 Å². The summed E-state index contributed by atoms with van der Waals surface area (Å²) in [4.78, 5) is 2.61. The van der Waals surface area contributed by atoms with E-state index in [1.807, 2.05) is 0 Å². The Morgan fingerprint density at radius 1 is 1.29 bits per heavy atom. The van der Waals surface area contributed by atoms with Crippen molar-refractivity contribution in [3.63, 3.8) is 0 Å². The Morgan fingerprint density at radius 2 is 2.00 bits per heavy atom. The first-order valence-electron chi connectivity index (χ1n) is 7.15. The van der Waals surface area contributed by atoms with Gasteiger partial charge in [-0.2, -0.15) is 0 Å². The normalized spacial score (nSPS) is 19.6. The molecule has 17 heavy (non-hydrogen) atoms. The third kappa shape index (κ3) is 5.84. The molecule has 1 rings (SSSR count). The summed E-state index contributed by atoms with van der Waals surface area (Å²) in [6.45, 7) is 11.0. The lowest BCUT2D eigenvalue weighted by Crippen LogP contribution is -2.40. The summed E-state index contributed by atoms with van der Waals surface area (Å²) in [5, 5.41) is 3.48. The van der Waals surface area contributed by atoms with Crippen molar-refractivity contribution in [2.45, 2.75) is 52.1 Å². The van der Waals surface area contributed by atoms with E-state index < -0.39 is 0 Å². The molecule has 1 aliphatic carbocycles. The average molecular weight is 242 g/mol. The van der Waals surface area contributed by atoms with Gasteiger partial charge in [0.15, 0.2) is 0 Å². The monoisotopic (exact) mass is 242 g/mol. The summed E-state index contributed by atoms with van der Waals surface area (Å²) in [7, 11) is 1.79. The minimum Gasteiger partial charge on any atom is -0.383 e. The summed E-state index contributed by atoms with van der Waals surface area (Å²) in [6.07, 6.45) is 4.08. The van der Waals surface area contributed by atoms with E-state index in [2.05, 4.69) is 31.0 Å². The molecule has 102 valence electrons. The maximum Gasteiger partial charge on any atom is 0.0589 e. The van der Waals surface area contributed by atoms with Crippen molar-refractivity contribution in [3.8, 4) is 0 Å². The molecule has 2 atom stereocenters. The molecule has 0 aromatic carbocycles. The van der Waals surface area contributed by atoms with Crippen LogP contribution in [0.2, 0.25) is 0 Å². The van der Waals surface area contributed by atoms with Crippen LogP contribution in [-0.4, -0.2) is 50.3 Å². The summed E-state index contributed by atoms with van der Waals surface area (Å²) >= 11 is 0. The van der Waals surface area contributed by atoms with E-state index in [-0.39, 0.29) is 0 Å². The van der Waals surface area contributed by atoms with E-state index in [0.29, 0.717) is 6.04 Å². The Bertz CT molecular complexity index is 195. The van der Waals surface area contributed by atoms with Crippen molar-refractivity contribution in [2.24, 2.45) is 5.92 Å². The third-order valence-corrected chi connectivity index (χ3v) is 3.86. The molecule has 0 aromatic rings. The fourth-order valence-corrected chi connectivity index (χ4v) is 2.41. The van der Waals surface area contributed by atoms with Gasteiger partial charge in [-0.05, 0) is 52.1 Å². The second-order valence-corrected chi connectivity index (χ2v) is 5.35. The second kappa shape index (κ2) is 8.06. The van der Waals surface area contributed by atoms with Crippen molar-refractivity contribution >= 4 is 0 Å². The molecule has 0 aliphatic heterocycles. The van der Waals surface area contributed by atoms with E-state index in [0.717, 1.165) is 31.7 Å². The van der Waals surface area contributed by atoms with Crippen LogP contribution in [0.15, 0.2) is 0 Å². The molecular weight excluding hydrogens is 212 g/mol. The zero-order chi connectivity index (χ0) is 12.7. The fraction of sp³-hybridized carbons (Fsp3) is 1.00. The van der Waals surface area contributed by atoms with Crippen LogP contribution in [-0.2, 0) is 4.74 Å². The highest BCUT2D eigenvalue weighted by molar-refractivity contribution is 4.85. The fourth-order valence-electron chi connectivity index (χ4n) is 2.41. The number of nitrogens with one attached hydrogen (secondary N) is 1. The Hall–Kier alpha value is -0.120. The Labute approximate surface area is 107 Å². The number of rotatable bonds is 10. The maximum atomic E-state index is 5.22. The number of methoxy groups -OCH3 is 1. The highest BCUT2D eigenvalue weighted by Crippen LogP contribution is 2.35. The second-order valence-electron chi connectivity index (χ2n) is 5.35. The molecule has 3 nitrogen and oxygen atoms in total. The van der Waals surface area contributed by atoms with E-state index in [1.54, 1.807) is 7.11 Å². The van der Waals surface area contributed by atoms with E-state index in [1.165, 1.54) is 25.8 Å². The molecule has 0 heterocycles. The van der Waals surface area contributed by atoms with Crippen LogP contribution in [0.3, 0.4) is 0 Å². The Kier molecular flexibility index (Phi) is 7.09. The first-order valence-corrected chi connectivity index (χ1v) is 7.15. The van der Waals surface area contributed by atoms with Crippen LogP contribution >= 0.6 is 0 Å². The van der Waals surface area contributed by atoms with E-state index in [4.69, 9.17) is 4.74 Å². The van der Waals surface area contributed by atoms with Crippen LogP contribution in [0, 0.1) is 5.92 Å². The molecule has 2 unspecified atom stereocenters. The highest BCUT2D eigenvalue weighted by Gasteiger charge is 2.31. The van der Waals surface area contributed by atoms with Crippen LogP contribution in [0.25, 0.3) is 0 Å². The quantitative estimate of drug-likeness (QED) is 0.635. The maximum absolute atomic E-state index is 5.22. The van der Waals surface area contributed by atoms with Gasteiger partial charge >= 0.3 is 0 Å². The van der Waals surface area contributed by atoms with E-state index >= 15 is 0 Å². The molecule has 1 aliphatic rings. The molecule has 0 aromatic heterocycles. The van der Waals surface area contributed by atoms with Gasteiger partial charge in [0, 0.05) is 25.7 Å². The zero-order valence-corrected chi connectivity index (χ0v) is 12.0. The summed E-state index contributed by atoms with van der Waals surface area (Å²) < 4.78 is 5.22. The van der Waals surface area contributed by atoms with Crippen LogP contribution in [0.4, 0.5) is 0 Å². The molecule has 1 saturated carbocycles. The highest BCUT2D eigenvalue weighted by atomic mass is 16.5. The minimum atomic E-state index is 0.622.